The summed E-state index contributed by atoms with van der Waals surface area (Å²) in [4.78, 5) is 26.1. The van der Waals surface area contributed by atoms with Crippen LogP contribution in [0.3, 0.4) is 0 Å². The summed E-state index contributed by atoms with van der Waals surface area (Å²) in [6.07, 6.45) is 0. The topological polar surface area (TPSA) is 82.1 Å². The van der Waals surface area contributed by atoms with Gasteiger partial charge in [0.1, 0.15) is 19.0 Å². The molecule has 0 bridgehead atoms. The van der Waals surface area contributed by atoms with E-state index in [2.05, 4.69) is 0 Å². The van der Waals surface area contributed by atoms with Crippen molar-refractivity contribution in [1.82, 2.24) is 0 Å². The molecule has 6 heteroatoms. The third-order valence-electron chi connectivity index (χ3n) is 7.40. The lowest BCUT2D eigenvalue weighted by Gasteiger charge is -2.48. The molecule has 1 saturated carbocycles. The van der Waals surface area contributed by atoms with E-state index in [-0.39, 0.29) is 0 Å². The molecule has 6 rings (SSSR count). The van der Waals surface area contributed by atoms with Crippen LogP contribution in [0.1, 0.15) is 23.0 Å². The second-order valence-electron chi connectivity index (χ2n) is 9.57. The molecule has 6 nitrogen and oxygen atoms in total. The molecule has 4 atom stereocenters. The van der Waals surface area contributed by atoms with Crippen LogP contribution in [0.4, 0.5) is 0 Å². The SMILES string of the molecule is O=C(O)[C@@H]1[C@@H](c2ccccc2)[C@H](C(=O)Oc2cccc(-c3ccc4c(c3)OCCO4)c2)[C@H]1c1ccccc1. The van der Waals surface area contributed by atoms with Crippen LogP contribution in [-0.4, -0.2) is 30.3 Å². The van der Waals surface area contributed by atoms with E-state index in [0.29, 0.717) is 30.5 Å². The van der Waals surface area contributed by atoms with E-state index in [1.54, 1.807) is 6.07 Å². The maximum atomic E-state index is 13.7. The van der Waals surface area contributed by atoms with Gasteiger partial charge < -0.3 is 19.3 Å². The van der Waals surface area contributed by atoms with Crippen molar-refractivity contribution in [2.24, 2.45) is 11.8 Å². The van der Waals surface area contributed by atoms with Gasteiger partial charge in [0.2, 0.25) is 0 Å². The van der Waals surface area contributed by atoms with Gasteiger partial charge in [-0.1, -0.05) is 78.9 Å². The molecule has 190 valence electrons. The highest BCUT2D eigenvalue weighted by Gasteiger charge is 2.59. The van der Waals surface area contributed by atoms with E-state index in [0.717, 1.165) is 22.3 Å². The van der Waals surface area contributed by atoms with Crippen LogP contribution in [0.15, 0.2) is 103 Å². The average molecular weight is 507 g/mol. The van der Waals surface area contributed by atoms with Crippen LogP contribution in [-0.2, 0) is 9.59 Å². The van der Waals surface area contributed by atoms with Gasteiger partial charge in [0.25, 0.3) is 0 Å². The summed E-state index contributed by atoms with van der Waals surface area (Å²) >= 11 is 0. The van der Waals surface area contributed by atoms with E-state index in [1.165, 1.54) is 0 Å². The van der Waals surface area contributed by atoms with Crippen LogP contribution in [0.5, 0.6) is 17.2 Å². The first-order valence-electron chi connectivity index (χ1n) is 12.6. The Balaban J connectivity index is 1.31. The number of benzene rings is 4. The zero-order valence-electron chi connectivity index (χ0n) is 20.5. The monoisotopic (exact) mass is 506 g/mol. The number of rotatable bonds is 6. The second-order valence-corrected chi connectivity index (χ2v) is 9.57. The fraction of sp³-hybridized carbons (Fsp3) is 0.188. The minimum atomic E-state index is -0.919. The van der Waals surface area contributed by atoms with Crippen molar-refractivity contribution in [3.63, 3.8) is 0 Å². The Morgan fingerprint density at radius 1 is 0.658 bits per heavy atom. The van der Waals surface area contributed by atoms with E-state index in [9.17, 15) is 14.7 Å². The number of hydrogen-bond acceptors (Lipinski definition) is 5. The molecule has 1 heterocycles. The van der Waals surface area contributed by atoms with Crippen LogP contribution in [0.25, 0.3) is 11.1 Å². The lowest BCUT2D eigenvalue weighted by Crippen LogP contribution is -2.52. The molecule has 0 amide bonds. The van der Waals surface area contributed by atoms with Gasteiger partial charge >= 0.3 is 11.9 Å². The van der Waals surface area contributed by atoms with Crippen molar-refractivity contribution >= 4 is 11.9 Å². The number of ether oxygens (including phenoxy) is 3. The summed E-state index contributed by atoms with van der Waals surface area (Å²) in [7, 11) is 0. The number of aliphatic carboxylic acids is 1. The Labute approximate surface area is 220 Å². The first kappa shape index (κ1) is 23.8. The molecule has 1 aliphatic heterocycles. The number of fused-ring (bicyclic) bond motifs is 1. The first-order chi connectivity index (χ1) is 18.6. The van der Waals surface area contributed by atoms with Crippen LogP contribution in [0.2, 0.25) is 0 Å². The van der Waals surface area contributed by atoms with Gasteiger partial charge in [0.05, 0.1) is 11.8 Å². The molecular weight excluding hydrogens is 480 g/mol. The molecule has 0 aromatic heterocycles. The lowest BCUT2D eigenvalue weighted by molar-refractivity contribution is -0.158. The summed E-state index contributed by atoms with van der Waals surface area (Å²) in [5.41, 5.74) is 3.41. The standard InChI is InChI=1S/C32H26O6/c33-31(34)29-27(20-8-3-1-4-9-20)30(28(29)21-10-5-2-6-11-21)32(35)38-24-13-7-12-22(18-24)23-14-15-25-26(19-23)37-17-16-36-25/h1-15,18-19,27-30H,16-17H2,(H,33,34)/t27-,28+,29-,30+. The van der Waals surface area contributed by atoms with Gasteiger partial charge in [-0.2, -0.15) is 0 Å². The highest BCUT2D eigenvalue weighted by Crippen LogP contribution is 2.58. The highest BCUT2D eigenvalue weighted by atomic mass is 16.6. The smallest absolute Gasteiger partial charge is 0.315 e. The van der Waals surface area contributed by atoms with Gasteiger partial charge in [0, 0.05) is 11.8 Å². The fourth-order valence-corrected chi connectivity index (χ4v) is 5.67. The number of carboxylic acid groups (broad SMARTS) is 1. The van der Waals surface area contributed by atoms with E-state index >= 15 is 0 Å². The zero-order chi connectivity index (χ0) is 26.1. The first-order valence-corrected chi connectivity index (χ1v) is 12.6. The van der Waals surface area contributed by atoms with Gasteiger partial charge in [-0.15, -0.1) is 0 Å². The Morgan fingerprint density at radius 3 is 1.89 bits per heavy atom. The highest BCUT2D eigenvalue weighted by molar-refractivity contribution is 5.86. The quantitative estimate of drug-likeness (QED) is 0.258. The Kier molecular flexibility index (Phi) is 6.30. The molecule has 1 N–H and O–H groups in total. The summed E-state index contributed by atoms with van der Waals surface area (Å²) in [6, 6.07) is 31.8. The molecule has 38 heavy (non-hydrogen) atoms. The molecule has 0 radical (unpaired) electrons. The lowest BCUT2D eigenvalue weighted by atomic mass is 9.52. The zero-order valence-corrected chi connectivity index (χ0v) is 20.5. The van der Waals surface area contributed by atoms with Gasteiger partial charge in [-0.3, -0.25) is 9.59 Å². The molecule has 0 unspecified atom stereocenters. The summed E-state index contributed by atoms with van der Waals surface area (Å²) in [6.45, 7) is 1.02. The molecular formula is C32H26O6. The predicted molar refractivity (Wildman–Crippen MR) is 141 cm³/mol. The third-order valence-corrected chi connectivity index (χ3v) is 7.40. The molecule has 1 aliphatic carbocycles. The van der Waals surface area contributed by atoms with Crippen LogP contribution < -0.4 is 14.2 Å². The summed E-state index contributed by atoms with van der Waals surface area (Å²) in [5.74, 6) is -1.93. The van der Waals surface area contributed by atoms with Gasteiger partial charge in [-0.25, -0.2) is 0 Å². The summed E-state index contributed by atoms with van der Waals surface area (Å²) < 4.78 is 17.3. The normalized spacial score (nSPS) is 21.7. The second kappa shape index (κ2) is 10.1. The van der Waals surface area contributed by atoms with E-state index in [1.807, 2.05) is 97.1 Å². The van der Waals surface area contributed by atoms with Gasteiger partial charge in [-0.05, 0) is 46.5 Å². The van der Waals surface area contributed by atoms with Crippen LogP contribution >= 0.6 is 0 Å². The molecule has 2 aliphatic rings. The average Bonchev–Trinajstić information content (AvgIpc) is 2.93. The number of carbonyl (C=O) groups excluding carboxylic acids is 1. The Bertz CT molecular complexity index is 1420. The third kappa shape index (κ3) is 4.39. The van der Waals surface area contributed by atoms with Crippen LogP contribution in [0, 0.1) is 11.8 Å². The van der Waals surface area contributed by atoms with Crippen molar-refractivity contribution in [1.29, 1.82) is 0 Å². The molecule has 4 aromatic carbocycles. The number of carboxylic acids is 1. The molecule has 4 aromatic rings. The van der Waals surface area contributed by atoms with Crippen molar-refractivity contribution < 1.29 is 28.9 Å². The van der Waals surface area contributed by atoms with Crippen molar-refractivity contribution in [3.8, 4) is 28.4 Å². The Morgan fingerprint density at radius 2 is 1.26 bits per heavy atom. The number of carbonyl (C=O) groups is 2. The summed E-state index contributed by atoms with van der Waals surface area (Å²) in [5, 5.41) is 10.2. The van der Waals surface area contributed by atoms with Crippen molar-refractivity contribution in [2.75, 3.05) is 13.2 Å². The largest absolute Gasteiger partial charge is 0.486 e. The number of hydrogen-bond donors (Lipinski definition) is 1. The maximum Gasteiger partial charge on any atom is 0.315 e. The predicted octanol–water partition coefficient (Wildman–Crippen LogP) is 5.93. The number of esters is 1. The molecule has 1 fully saturated rings. The molecule has 0 saturated heterocycles. The van der Waals surface area contributed by atoms with Gasteiger partial charge in [0.15, 0.2) is 11.5 Å². The fourth-order valence-electron chi connectivity index (χ4n) is 5.67. The van der Waals surface area contributed by atoms with E-state index in [4.69, 9.17) is 14.2 Å². The van der Waals surface area contributed by atoms with Crippen molar-refractivity contribution in [3.05, 3.63) is 114 Å². The van der Waals surface area contributed by atoms with E-state index < -0.39 is 35.6 Å². The Hall–Kier alpha value is -4.58. The minimum absolute atomic E-state index is 0.403. The minimum Gasteiger partial charge on any atom is -0.486 e. The molecule has 0 spiro atoms. The van der Waals surface area contributed by atoms with Crippen molar-refractivity contribution in [2.45, 2.75) is 11.8 Å². The maximum absolute atomic E-state index is 13.7.